The van der Waals surface area contributed by atoms with Gasteiger partial charge >= 0.3 is 0 Å². The predicted molar refractivity (Wildman–Crippen MR) is 75.4 cm³/mol. The van der Waals surface area contributed by atoms with E-state index in [9.17, 15) is 0 Å². The van der Waals surface area contributed by atoms with Crippen LogP contribution in [0.4, 0.5) is 0 Å². The highest BCUT2D eigenvalue weighted by molar-refractivity contribution is 5.40. The summed E-state index contributed by atoms with van der Waals surface area (Å²) in [5.74, 6) is 1.80. The van der Waals surface area contributed by atoms with Crippen LogP contribution in [0, 0.1) is 0 Å². The highest BCUT2D eigenvalue weighted by Gasteiger charge is 2.07. The van der Waals surface area contributed by atoms with Crippen molar-refractivity contribution in [3.05, 3.63) is 23.8 Å². The van der Waals surface area contributed by atoms with Crippen molar-refractivity contribution in [1.29, 1.82) is 0 Å². The third-order valence-electron chi connectivity index (χ3n) is 2.44. The van der Waals surface area contributed by atoms with Crippen molar-refractivity contribution >= 4 is 0 Å². The summed E-state index contributed by atoms with van der Waals surface area (Å²) < 4.78 is 11.5. The molecule has 1 aromatic carbocycles. The van der Waals surface area contributed by atoms with Gasteiger partial charge in [0.15, 0.2) is 0 Å². The summed E-state index contributed by atoms with van der Waals surface area (Å²) in [6, 6.07) is 6.07. The van der Waals surface area contributed by atoms with Crippen LogP contribution in [-0.2, 0) is 6.54 Å². The summed E-state index contributed by atoms with van der Waals surface area (Å²) in [6.45, 7) is 10.8. The highest BCUT2D eigenvalue weighted by atomic mass is 16.5. The molecule has 0 bridgehead atoms. The fourth-order valence-corrected chi connectivity index (χ4v) is 1.61. The summed E-state index contributed by atoms with van der Waals surface area (Å²) in [7, 11) is 0. The summed E-state index contributed by atoms with van der Waals surface area (Å²) in [4.78, 5) is 0. The molecule has 0 amide bonds. The lowest BCUT2D eigenvalue weighted by Gasteiger charge is -2.16. The molecule has 0 saturated carbocycles. The Morgan fingerprint density at radius 1 is 1.22 bits per heavy atom. The molecule has 0 heterocycles. The Kier molecular flexibility index (Phi) is 6.58. The fraction of sp³-hybridized carbons (Fsp3) is 0.600. The third-order valence-corrected chi connectivity index (χ3v) is 2.44. The van der Waals surface area contributed by atoms with Crippen LogP contribution in [0.2, 0.25) is 0 Å². The molecule has 1 N–H and O–H groups in total. The van der Waals surface area contributed by atoms with Gasteiger partial charge in [0, 0.05) is 18.2 Å². The van der Waals surface area contributed by atoms with Crippen LogP contribution in [0.1, 0.15) is 39.7 Å². The normalized spacial score (nSPS) is 10.7. The number of benzene rings is 1. The van der Waals surface area contributed by atoms with Crippen LogP contribution in [0.5, 0.6) is 11.5 Å². The molecule has 102 valence electrons. The fourth-order valence-electron chi connectivity index (χ4n) is 1.61. The van der Waals surface area contributed by atoms with Crippen molar-refractivity contribution in [1.82, 2.24) is 5.32 Å². The molecule has 1 aromatic rings. The molecule has 0 unspecified atom stereocenters. The van der Waals surface area contributed by atoms with E-state index in [-0.39, 0.29) is 6.10 Å². The van der Waals surface area contributed by atoms with E-state index >= 15 is 0 Å². The van der Waals surface area contributed by atoms with Crippen molar-refractivity contribution < 1.29 is 9.47 Å². The van der Waals surface area contributed by atoms with Gasteiger partial charge in [0.25, 0.3) is 0 Å². The van der Waals surface area contributed by atoms with Gasteiger partial charge < -0.3 is 14.8 Å². The van der Waals surface area contributed by atoms with Crippen molar-refractivity contribution in [2.45, 2.75) is 46.8 Å². The van der Waals surface area contributed by atoms with Gasteiger partial charge in [0.1, 0.15) is 11.5 Å². The Morgan fingerprint density at radius 3 is 2.61 bits per heavy atom. The Hall–Kier alpha value is -1.22. The Labute approximate surface area is 110 Å². The van der Waals surface area contributed by atoms with Gasteiger partial charge in [-0.1, -0.05) is 19.9 Å². The first-order valence-electron chi connectivity index (χ1n) is 6.80. The zero-order chi connectivity index (χ0) is 13.4. The summed E-state index contributed by atoms with van der Waals surface area (Å²) in [5.41, 5.74) is 1.18. The molecule has 3 heteroatoms. The summed E-state index contributed by atoms with van der Waals surface area (Å²) in [6.07, 6.45) is 1.19. The standard InChI is InChI=1S/C15H25NO2/c1-5-9-17-14-8-7-13(11-16-6-2)15(10-14)18-12(3)4/h7-8,10,12,16H,5-6,9,11H2,1-4H3. The monoisotopic (exact) mass is 251 g/mol. The molecule has 0 aromatic heterocycles. The van der Waals surface area contributed by atoms with Gasteiger partial charge in [-0.15, -0.1) is 0 Å². The quantitative estimate of drug-likeness (QED) is 0.768. The topological polar surface area (TPSA) is 30.5 Å². The molecule has 0 atom stereocenters. The first-order chi connectivity index (χ1) is 8.67. The van der Waals surface area contributed by atoms with Crippen molar-refractivity contribution in [3.63, 3.8) is 0 Å². The highest BCUT2D eigenvalue weighted by Crippen LogP contribution is 2.26. The molecule has 0 saturated heterocycles. The molecule has 0 radical (unpaired) electrons. The van der Waals surface area contributed by atoms with Gasteiger partial charge in [-0.25, -0.2) is 0 Å². The molecular weight excluding hydrogens is 226 g/mol. The predicted octanol–water partition coefficient (Wildman–Crippen LogP) is 3.37. The maximum Gasteiger partial charge on any atom is 0.127 e. The molecule has 0 fully saturated rings. The van der Waals surface area contributed by atoms with Crippen LogP contribution in [0.25, 0.3) is 0 Å². The first-order valence-corrected chi connectivity index (χ1v) is 6.80. The number of hydrogen-bond acceptors (Lipinski definition) is 3. The number of hydrogen-bond donors (Lipinski definition) is 1. The van der Waals surface area contributed by atoms with E-state index in [0.717, 1.165) is 37.6 Å². The smallest absolute Gasteiger partial charge is 0.127 e. The second-order valence-corrected chi connectivity index (χ2v) is 4.56. The lowest BCUT2D eigenvalue weighted by Crippen LogP contribution is -2.14. The van der Waals surface area contributed by atoms with Crippen LogP contribution < -0.4 is 14.8 Å². The second-order valence-electron chi connectivity index (χ2n) is 4.56. The molecule has 1 rings (SSSR count). The molecule has 0 aliphatic heterocycles. The van der Waals surface area contributed by atoms with Gasteiger partial charge in [-0.2, -0.15) is 0 Å². The molecular formula is C15H25NO2. The molecule has 3 nitrogen and oxygen atoms in total. The lowest BCUT2D eigenvalue weighted by atomic mass is 10.2. The number of rotatable bonds is 8. The zero-order valence-corrected chi connectivity index (χ0v) is 12.0. The van der Waals surface area contributed by atoms with Crippen LogP contribution in [-0.4, -0.2) is 19.3 Å². The minimum atomic E-state index is 0.173. The van der Waals surface area contributed by atoms with Crippen molar-refractivity contribution in [2.75, 3.05) is 13.2 Å². The molecule has 0 aliphatic carbocycles. The van der Waals surface area contributed by atoms with E-state index in [1.54, 1.807) is 0 Å². The maximum atomic E-state index is 5.84. The number of ether oxygens (including phenoxy) is 2. The van der Waals surface area contributed by atoms with Crippen molar-refractivity contribution in [3.8, 4) is 11.5 Å². The Morgan fingerprint density at radius 2 is 2.00 bits per heavy atom. The zero-order valence-electron chi connectivity index (χ0n) is 12.0. The molecule has 0 spiro atoms. The lowest BCUT2D eigenvalue weighted by molar-refractivity contribution is 0.237. The largest absolute Gasteiger partial charge is 0.493 e. The first kappa shape index (κ1) is 14.8. The van der Waals surface area contributed by atoms with E-state index in [2.05, 4.69) is 25.2 Å². The minimum absolute atomic E-state index is 0.173. The molecule has 0 aliphatic rings. The van der Waals surface area contributed by atoms with Gasteiger partial charge in [0.2, 0.25) is 0 Å². The Balaban J connectivity index is 2.81. The summed E-state index contributed by atoms with van der Waals surface area (Å²) in [5, 5.41) is 3.32. The average Bonchev–Trinajstić information content (AvgIpc) is 2.34. The van der Waals surface area contributed by atoms with Gasteiger partial charge in [0.05, 0.1) is 12.7 Å². The average molecular weight is 251 g/mol. The van der Waals surface area contributed by atoms with E-state index < -0.39 is 0 Å². The SMILES string of the molecule is CCCOc1ccc(CNCC)c(OC(C)C)c1. The van der Waals surface area contributed by atoms with Crippen LogP contribution >= 0.6 is 0 Å². The van der Waals surface area contributed by atoms with E-state index in [4.69, 9.17) is 9.47 Å². The van der Waals surface area contributed by atoms with Crippen molar-refractivity contribution in [2.24, 2.45) is 0 Å². The van der Waals surface area contributed by atoms with E-state index in [1.807, 2.05) is 26.0 Å². The maximum absolute atomic E-state index is 5.84. The number of nitrogens with one attached hydrogen (secondary N) is 1. The van der Waals surface area contributed by atoms with Gasteiger partial charge in [-0.05, 0) is 32.9 Å². The van der Waals surface area contributed by atoms with E-state index in [0.29, 0.717) is 0 Å². The third kappa shape index (κ3) is 4.96. The Bertz CT molecular complexity index is 350. The minimum Gasteiger partial charge on any atom is -0.493 e. The van der Waals surface area contributed by atoms with Gasteiger partial charge in [-0.3, -0.25) is 0 Å². The summed E-state index contributed by atoms with van der Waals surface area (Å²) >= 11 is 0. The van der Waals surface area contributed by atoms with E-state index in [1.165, 1.54) is 5.56 Å². The van der Waals surface area contributed by atoms with Crippen LogP contribution in [0.3, 0.4) is 0 Å². The second kappa shape index (κ2) is 7.98. The van der Waals surface area contributed by atoms with Crippen LogP contribution in [0.15, 0.2) is 18.2 Å². The molecule has 18 heavy (non-hydrogen) atoms.